The first-order valence-corrected chi connectivity index (χ1v) is 42.7. The molecule has 674 valence electrons. The molecule has 1 fully saturated rings. The van der Waals surface area contributed by atoms with Crippen LogP contribution < -0.4 is 21.3 Å². The number of halogens is 3. The minimum atomic E-state index is -1.76. The number of ketones is 3. The highest BCUT2D eigenvalue weighted by molar-refractivity contribution is 6.76. The number of Topliss-reactive ketones (excluding diaryl/α,β-unsaturated/α-hetero) is 3. The molecular formula is C100H114Cl3N5O19. The van der Waals surface area contributed by atoms with Crippen molar-refractivity contribution in [2.24, 2.45) is 0 Å². The van der Waals surface area contributed by atoms with E-state index in [0.717, 1.165) is 91.1 Å². The fraction of sp³-hybridized carbons (Fsp3) is 0.370. The quantitative estimate of drug-likeness (QED) is 0.00598. The second kappa shape index (κ2) is 46.8. The number of alkyl carbamates (subject to hydrolysis) is 4. The summed E-state index contributed by atoms with van der Waals surface area (Å²) in [5.74, 6) is 0.0110. The lowest BCUT2D eigenvalue weighted by atomic mass is 9.98. The summed E-state index contributed by atoms with van der Waals surface area (Å²) in [4.78, 5) is 95.4. The maximum absolute atomic E-state index is 12.4. The van der Waals surface area contributed by atoms with Gasteiger partial charge >= 0.3 is 30.3 Å². The third-order valence-electron chi connectivity index (χ3n) is 21.2. The molecule has 1 saturated heterocycles. The number of carboxylic acid groups (broad SMARTS) is 1. The molecule has 4 aliphatic carbocycles. The van der Waals surface area contributed by atoms with E-state index in [1.54, 1.807) is 60.6 Å². The minimum absolute atomic E-state index is 0.0171. The number of alkyl halides is 3. The number of rotatable bonds is 28. The summed E-state index contributed by atoms with van der Waals surface area (Å²) in [6.07, 6.45) is 8.38. The van der Waals surface area contributed by atoms with Crippen molar-refractivity contribution in [3.8, 4) is 56.9 Å². The number of amides is 4. The fourth-order valence-electron chi connectivity index (χ4n) is 14.0. The number of aliphatic hydroxyl groups excluding tert-OH is 1. The van der Waals surface area contributed by atoms with Gasteiger partial charge in [-0.2, -0.15) is 0 Å². The van der Waals surface area contributed by atoms with Gasteiger partial charge in [0.05, 0.1) is 37.6 Å². The number of ether oxygens (including phenoxy) is 9. The Bertz CT molecular complexity index is 4880. The van der Waals surface area contributed by atoms with E-state index in [1.807, 2.05) is 147 Å². The average molecular weight is 1800 g/mol. The first-order chi connectivity index (χ1) is 60.2. The van der Waals surface area contributed by atoms with Gasteiger partial charge in [-0.1, -0.05) is 247 Å². The van der Waals surface area contributed by atoms with Crippen LogP contribution in [0.3, 0.4) is 0 Å². The van der Waals surface area contributed by atoms with E-state index in [0.29, 0.717) is 0 Å². The second-order valence-electron chi connectivity index (χ2n) is 33.0. The number of carbonyl (C=O) groups excluding carboxylic acids is 7. The molecular weight excluding hydrogens is 1680 g/mol. The highest BCUT2D eigenvalue weighted by Gasteiger charge is 2.37. The van der Waals surface area contributed by atoms with Gasteiger partial charge in [0, 0.05) is 36.9 Å². The summed E-state index contributed by atoms with van der Waals surface area (Å²) in [6, 6.07) is 60.9. The van der Waals surface area contributed by atoms with E-state index < -0.39 is 87.3 Å². The van der Waals surface area contributed by atoms with Crippen LogP contribution in [-0.2, 0) is 61.8 Å². The SMILES string of the molecule is C#CC(C)(C)OC[C@H](NC(=O)OCC1c2ccccc2-c2ccccc21)C(C)=O.C1CCOC1.C=CC(C)(C)OC[C@H](NC(=O)OCC1c2ccccc2-c2ccccc21)C(=O)O.C=CC(C)(C)OC[C@H](NC(=O)OCC1c2ccccc2-c2ccccc21)C(C)=O.CC(=O)[C@H](CO)NC(=O)OCC1c2ccccc2-c2ccccc21.CC(C)(C)OC(=N)C(Cl)(Cl)Cl. The van der Waals surface area contributed by atoms with Crippen LogP contribution >= 0.6 is 34.8 Å². The predicted octanol–water partition coefficient (Wildman–Crippen LogP) is 18.8. The Morgan fingerprint density at radius 3 is 0.866 bits per heavy atom. The molecule has 127 heavy (non-hydrogen) atoms. The van der Waals surface area contributed by atoms with Gasteiger partial charge in [-0.15, -0.1) is 19.6 Å². The van der Waals surface area contributed by atoms with Crippen molar-refractivity contribution in [2.45, 2.75) is 170 Å². The molecule has 4 atom stereocenters. The Kier molecular flexibility index (Phi) is 37.2. The van der Waals surface area contributed by atoms with Crippen molar-refractivity contribution in [1.82, 2.24) is 21.3 Å². The molecule has 0 radical (unpaired) electrons. The monoisotopic (exact) mass is 1790 g/mol. The molecule has 4 amide bonds. The van der Waals surface area contributed by atoms with Gasteiger partial charge in [0.2, 0.25) is 5.90 Å². The van der Waals surface area contributed by atoms with Gasteiger partial charge in [-0.25, -0.2) is 24.0 Å². The van der Waals surface area contributed by atoms with Gasteiger partial charge in [0.15, 0.2) is 23.4 Å². The van der Waals surface area contributed by atoms with Gasteiger partial charge in [-0.05, 0) is 185 Å². The van der Waals surface area contributed by atoms with Crippen LogP contribution in [0, 0.1) is 17.8 Å². The number of carbonyl (C=O) groups is 8. The maximum Gasteiger partial charge on any atom is 0.407 e. The summed E-state index contributed by atoms with van der Waals surface area (Å²) in [6.45, 7) is 29.5. The molecule has 0 saturated carbocycles. The lowest BCUT2D eigenvalue weighted by Gasteiger charge is -2.24. The van der Waals surface area contributed by atoms with Crippen molar-refractivity contribution in [1.29, 1.82) is 5.41 Å². The van der Waals surface area contributed by atoms with Crippen molar-refractivity contribution in [3.05, 3.63) is 264 Å². The van der Waals surface area contributed by atoms with E-state index in [-0.39, 0.29) is 93.2 Å². The molecule has 1 aliphatic heterocycles. The third kappa shape index (κ3) is 29.5. The van der Waals surface area contributed by atoms with Crippen molar-refractivity contribution in [3.63, 3.8) is 0 Å². The molecule has 13 rings (SSSR count). The second-order valence-corrected chi connectivity index (χ2v) is 35.3. The summed E-state index contributed by atoms with van der Waals surface area (Å²) in [5.41, 5.74) is 15.6. The molecule has 8 aromatic carbocycles. The predicted molar refractivity (Wildman–Crippen MR) is 493 cm³/mol. The van der Waals surface area contributed by atoms with E-state index >= 15 is 0 Å². The maximum atomic E-state index is 12.4. The van der Waals surface area contributed by atoms with E-state index in [2.05, 4.69) is 101 Å². The van der Waals surface area contributed by atoms with Gasteiger partial charge < -0.3 is 74.1 Å². The number of aliphatic hydroxyl groups is 1. The molecule has 0 bridgehead atoms. The zero-order valence-corrected chi connectivity index (χ0v) is 76.0. The van der Waals surface area contributed by atoms with Gasteiger partial charge in [-0.3, -0.25) is 19.8 Å². The average Bonchev–Trinajstić information content (AvgIpc) is 1.63. The third-order valence-corrected chi connectivity index (χ3v) is 21.7. The molecule has 5 aliphatic rings. The van der Waals surface area contributed by atoms with Crippen molar-refractivity contribution < 1.29 is 91.2 Å². The zero-order chi connectivity index (χ0) is 93.0. The molecule has 0 aromatic heterocycles. The van der Waals surface area contributed by atoms with Crippen molar-refractivity contribution >= 4 is 88.4 Å². The number of carboxylic acids is 1. The highest BCUT2D eigenvalue weighted by atomic mass is 35.6. The van der Waals surface area contributed by atoms with Crippen LogP contribution in [0.4, 0.5) is 19.2 Å². The van der Waals surface area contributed by atoms with Gasteiger partial charge in [0.25, 0.3) is 3.79 Å². The Morgan fingerprint density at radius 1 is 0.433 bits per heavy atom. The Balaban J connectivity index is 0.000000198. The summed E-state index contributed by atoms with van der Waals surface area (Å²) < 4.78 is 46.6. The van der Waals surface area contributed by atoms with Crippen LogP contribution in [0.25, 0.3) is 44.5 Å². The number of hydrogen-bond acceptors (Lipinski definition) is 19. The molecule has 0 unspecified atom stereocenters. The molecule has 0 spiro atoms. The normalized spacial score (nSPS) is 14.1. The Hall–Kier alpha value is -11.5. The van der Waals surface area contributed by atoms with Crippen LogP contribution in [0.2, 0.25) is 0 Å². The lowest BCUT2D eigenvalue weighted by molar-refractivity contribution is -0.142. The number of hydrogen-bond donors (Lipinski definition) is 7. The fourth-order valence-corrected chi connectivity index (χ4v) is 14.1. The highest BCUT2D eigenvalue weighted by Crippen LogP contribution is 2.48. The number of benzene rings is 8. The van der Waals surface area contributed by atoms with E-state index in [9.17, 15) is 43.5 Å². The summed E-state index contributed by atoms with van der Waals surface area (Å²) in [7, 11) is 0. The van der Waals surface area contributed by atoms with Crippen LogP contribution in [-0.4, -0.2) is 180 Å². The topological polar surface area (TPSA) is 332 Å². The molecule has 8 aromatic rings. The molecule has 1 heterocycles. The Labute approximate surface area is 758 Å². The van der Waals surface area contributed by atoms with Gasteiger partial charge in [0.1, 0.15) is 55.8 Å². The summed E-state index contributed by atoms with van der Waals surface area (Å²) in [5, 5.41) is 35.6. The van der Waals surface area contributed by atoms with Crippen LogP contribution in [0.1, 0.15) is 164 Å². The Morgan fingerprint density at radius 2 is 0.669 bits per heavy atom. The number of fused-ring (bicyclic) bond motifs is 12. The van der Waals surface area contributed by atoms with Crippen LogP contribution in [0.5, 0.6) is 0 Å². The molecule has 7 N–H and O–H groups in total. The molecule has 24 nitrogen and oxygen atoms in total. The van der Waals surface area contributed by atoms with E-state index in [1.165, 1.54) is 44.7 Å². The first kappa shape index (κ1) is 101. The van der Waals surface area contributed by atoms with Crippen molar-refractivity contribution in [2.75, 3.05) is 66.1 Å². The number of aliphatic carboxylic acids is 1. The lowest BCUT2D eigenvalue weighted by Crippen LogP contribution is -2.46. The largest absolute Gasteiger partial charge is 0.480 e. The number of terminal acetylenes is 1. The first-order valence-electron chi connectivity index (χ1n) is 41.6. The number of nitrogens with one attached hydrogen (secondary N) is 5. The smallest absolute Gasteiger partial charge is 0.407 e. The minimum Gasteiger partial charge on any atom is -0.480 e. The van der Waals surface area contributed by atoms with E-state index in [4.69, 9.17) is 94.4 Å². The standard InChI is InChI=1S/C24H27NO4.C24H25NO4.C23H25NO5.C19H19NO4.C6H10Cl3NO.C4H8O/c2*1-5-24(3,4)29-15-22(16(2)26)25-23(27)28-14-21-19-12-8-6-10-17(19)18-11-7-9-13-20(18)21;1-4-23(2,3)29-14-20(21(25)26)24-22(27)28-13-19-17-11-7-5-9-15(17)16-10-6-8-12-18(16)19;1-12(22)18(10-21)20-19(23)24-11-17-15-8-4-2-6-13(15)14-7-3-5-9-16(14)17;1-5(2,3)11-4(10)6(7,8)9;1-2-4-5-3-1/h5-13,21-22H,1,14-15H2,2-4H3,(H,25,27);1,6-13,21-22H,14-15H2,2-4H3,(H,25,27);4-12,19-20H,1,13-14H2,2-3H3,(H,24,27)(H,25,26);2-9,17-18,21H,10-11H2,1H3,(H,20,23);10H,1-3H3;1-4H2/t2*22-;20-;18-;;/m0000../s1. The zero-order valence-electron chi connectivity index (χ0n) is 73.7. The van der Waals surface area contributed by atoms with Crippen LogP contribution in [0.15, 0.2) is 219 Å². The summed E-state index contributed by atoms with van der Waals surface area (Å²) >= 11 is 16.1. The molecule has 27 heteroatoms.